The summed E-state index contributed by atoms with van der Waals surface area (Å²) in [6.07, 6.45) is 0. The van der Waals surface area contributed by atoms with Gasteiger partial charge in [-0.3, -0.25) is 4.79 Å². The SMILES string of the molecule is CN(c1ccc(O)cc1)c1nc(O)c(C2=c3ccccc3=NC2=O)s1. The molecule has 0 bridgehead atoms. The molecule has 0 saturated heterocycles. The number of hydrogen-bond donors (Lipinski definition) is 2. The molecule has 0 atom stereocenters. The van der Waals surface area contributed by atoms with Crippen molar-refractivity contribution in [1.82, 2.24) is 4.98 Å². The van der Waals surface area contributed by atoms with Crippen LogP contribution in [0.25, 0.3) is 5.57 Å². The first kappa shape index (κ1) is 15.3. The van der Waals surface area contributed by atoms with Crippen molar-refractivity contribution in [3.05, 3.63) is 64.0 Å². The molecule has 1 aliphatic rings. The second kappa shape index (κ2) is 5.71. The number of amides is 1. The van der Waals surface area contributed by atoms with Crippen LogP contribution in [0.2, 0.25) is 0 Å². The van der Waals surface area contributed by atoms with Crippen LogP contribution in [-0.4, -0.2) is 28.2 Å². The fraction of sp³-hybridized carbons (Fsp3) is 0.0556. The van der Waals surface area contributed by atoms with Crippen molar-refractivity contribution in [2.45, 2.75) is 0 Å². The minimum Gasteiger partial charge on any atom is -0.508 e. The summed E-state index contributed by atoms with van der Waals surface area (Å²) in [5, 5.41) is 21.5. The highest BCUT2D eigenvalue weighted by Crippen LogP contribution is 2.37. The third-order valence-corrected chi connectivity index (χ3v) is 5.10. The molecule has 0 saturated carbocycles. The first-order valence-electron chi connectivity index (χ1n) is 7.50. The maximum atomic E-state index is 12.3. The summed E-state index contributed by atoms with van der Waals surface area (Å²) in [6, 6.07) is 13.8. The molecule has 4 rings (SSSR count). The van der Waals surface area contributed by atoms with Crippen molar-refractivity contribution in [2.75, 3.05) is 11.9 Å². The lowest BCUT2D eigenvalue weighted by molar-refractivity contribution is -0.112. The molecule has 25 heavy (non-hydrogen) atoms. The molecular weight excluding hydrogens is 338 g/mol. The van der Waals surface area contributed by atoms with E-state index in [1.807, 2.05) is 18.2 Å². The first-order chi connectivity index (χ1) is 12.0. The molecule has 0 unspecified atom stereocenters. The van der Waals surface area contributed by atoms with E-state index >= 15 is 0 Å². The van der Waals surface area contributed by atoms with E-state index in [0.29, 0.717) is 26.2 Å². The average molecular weight is 351 g/mol. The van der Waals surface area contributed by atoms with Crippen molar-refractivity contribution in [2.24, 2.45) is 4.99 Å². The molecule has 1 amide bonds. The van der Waals surface area contributed by atoms with Gasteiger partial charge in [-0.15, -0.1) is 0 Å². The van der Waals surface area contributed by atoms with Crippen LogP contribution in [0.5, 0.6) is 11.6 Å². The molecule has 2 aromatic carbocycles. The summed E-state index contributed by atoms with van der Waals surface area (Å²) in [4.78, 5) is 22.7. The predicted octanol–water partition coefficient (Wildman–Crippen LogP) is 1.68. The minimum absolute atomic E-state index is 0.171. The lowest BCUT2D eigenvalue weighted by Gasteiger charge is -2.15. The largest absolute Gasteiger partial charge is 0.508 e. The average Bonchev–Trinajstić information content (AvgIpc) is 3.13. The number of benzene rings is 2. The Kier molecular flexibility index (Phi) is 3.51. The Hall–Kier alpha value is -3.19. The number of nitrogens with zero attached hydrogens (tertiary/aromatic N) is 3. The molecule has 0 radical (unpaired) electrons. The van der Waals surface area contributed by atoms with E-state index in [1.54, 1.807) is 42.3 Å². The highest BCUT2D eigenvalue weighted by atomic mass is 32.1. The Bertz CT molecular complexity index is 1100. The van der Waals surface area contributed by atoms with Gasteiger partial charge in [-0.05, 0) is 30.3 Å². The Labute approximate surface area is 146 Å². The summed E-state index contributed by atoms with van der Waals surface area (Å²) in [7, 11) is 1.80. The zero-order chi connectivity index (χ0) is 17.6. The maximum absolute atomic E-state index is 12.3. The lowest BCUT2D eigenvalue weighted by Crippen LogP contribution is -2.22. The van der Waals surface area contributed by atoms with E-state index in [2.05, 4.69) is 9.98 Å². The van der Waals surface area contributed by atoms with E-state index in [9.17, 15) is 15.0 Å². The second-order valence-electron chi connectivity index (χ2n) is 5.53. The van der Waals surface area contributed by atoms with Crippen molar-refractivity contribution < 1.29 is 15.0 Å². The molecule has 6 nitrogen and oxygen atoms in total. The van der Waals surface area contributed by atoms with E-state index in [4.69, 9.17) is 0 Å². The molecule has 0 fully saturated rings. The standard InChI is InChI=1S/C18H13N3O3S/c1-21(10-6-8-11(22)9-7-10)18-20-17(24)15(25-18)14-12-4-2-3-5-13(12)19-16(14)23/h2-9,22,24H,1H3. The van der Waals surface area contributed by atoms with Crippen LogP contribution < -0.4 is 15.5 Å². The number of anilines is 2. The van der Waals surface area contributed by atoms with Gasteiger partial charge in [0.25, 0.3) is 5.91 Å². The van der Waals surface area contributed by atoms with Crippen molar-refractivity contribution >= 4 is 33.6 Å². The van der Waals surface area contributed by atoms with Crippen LogP contribution in [-0.2, 0) is 4.79 Å². The molecule has 3 aromatic rings. The fourth-order valence-corrected chi connectivity index (χ4v) is 3.67. The summed E-state index contributed by atoms with van der Waals surface area (Å²) in [5.74, 6) is -0.398. The van der Waals surface area contributed by atoms with Crippen LogP contribution >= 0.6 is 11.3 Å². The summed E-state index contributed by atoms with van der Waals surface area (Å²) in [5.41, 5.74) is 1.17. The molecular formula is C18H13N3O3S. The number of rotatable bonds is 3. The molecule has 2 N–H and O–H groups in total. The van der Waals surface area contributed by atoms with Crippen LogP contribution in [0.4, 0.5) is 10.8 Å². The number of aromatic nitrogens is 1. The topological polar surface area (TPSA) is 86.0 Å². The molecule has 2 heterocycles. The van der Waals surface area contributed by atoms with Gasteiger partial charge in [0.1, 0.15) is 10.6 Å². The summed E-state index contributed by atoms with van der Waals surface area (Å²) in [6.45, 7) is 0. The molecule has 0 aliphatic carbocycles. The van der Waals surface area contributed by atoms with Gasteiger partial charge in [-0.1, -0.05) is 29.5 Å². The number of phenolic OH excluding ortho intramolecular Hbond substituents is 1. The van der Waals surface area contributed by atoms with E-state index < -0.39 is 0 Å². The highest BCUT2D eigenvalue weighted by Gasteiger charge is 2.25. The second-order valence-corrected chi connectivity index (χ2v) is 6.51. The van der Waals surface area contributed by atoms with Gasteiger partial charge in [-0.25, -0.2) is 4.99 Å². The Morgan fingerprint density at radius 3 is 2.52 bits per heavy atom. The predicted molar refractivity (Wildman–Crippen MR) is 94.7 cm³/mol. The Morgan fingerprint density at radius 2 is 1.76 bits per heavy atom. The normalized spacial score (nSPS) is 12.8. The quantitative estimate of drug-likeness (QED) is 0.750. The zero-order valence-electron chi connectivity index (χ0n) is 13.2. The molecule has 1 aliphatic heterocycles. The van der Waals surface area contributed by atoms with E-state index in [1.165, 1.54) is 11.3 Å². The van der Waals surface area contributed by atoms with Crippen LogP contribution in [0, 0.1) is 0 Å². The summed E-state index contributed by atoms with van der Waals surface area (Å²) >= 11 is 1.22. The van der Waals surface area contributed by atoms with E-state index in [-0.39, 0.29) is 17.5 Å². The van der Waals surface area contributed by atoms with Crippen molar-refractivity contribution in [3.8, 4) is 11.6 Å². The van der Waals surface area contributed by atoms with Gasteiger partial charge in [0.05, 0.1) is 10.9 Å². The van der Waals surface area contributed by atoms with Gasteiger partial charge in [-0.2, -0.15) is 4.98 Å². The van der Waals surface area contributed by atoms with Crippen LogP contribution in [0.3, 0.4) is 0 Å². The first-order valence-corrected chi connectivity index (χ1v) is 8.31. The highest BCUT2D eigenvalue weighted by molar-refractivity contribution is 7.17. The zero-order valence-corrected chi connectivity index (χ0v) is 14.0. The third kappa shape index (κ3) is 2.54. The number of aromatic hydroxyl groups is 2. The minimum atomic E-state index is -0.376. The molecule has 0 spiro atoms. The Morgan fingerprint density at radius 1 is 1.04 bits per heavy atom. The lowest BCUT2D eigenvalue weighted by atomic mass is 10.1. The van der Waals surface area contributed by atoms with Gasteiger partial charge in [0.15, 0.2) is 5.13 Å². The number of carbonyl (C=O) groups excluding carboxylic acids is 1. The molecule has 7 heteroatoms. The molecule has 1 aromatic heterocycles. The smallest absolute Gasteiger partial charge is 0.279 e. The number of hydrogen-bond acceptors (Lipinski definition) is 6. The van der Waals surface area contributed by atoms with E-state index in [0.717, 1.165) is 5.69 Å². The summed E-state index contributed by atoms with van der Waals surface area (Å²) < 4.78 is 0. The number of thiazole rings is 1. The van der Waals surface area contributed by atoms with Gasteiger partial charge in [0.2, 0.25) is 5.88 Å². The van der Waals surface area contributed by atoms with Crippen LogP contribution in [0.15, 0.2) is 53.5 Å². The number of phenols is 1. The maximum Gasteiger partial charge on any atom is 0.279 e. The van der Waals surface area contributed by atoms with Gasteiger partial charge < -0.3 is 15.1 Å². The fourth-order valence-electron chi connectivity index (χ4n) is 2.68. The third-order valence-electron chi connectivity index (χ3n) is 3.96. The van der Waals surface area contributed by atoms with Gasteiger partial charge in [0, 0.05) is 18.0 Å². The Balaban J connectivity index is 1.81. The number of fused-ring (bicyclic) bond motifs is 1. The van der Waals surface area contributed by atoms with Crippen molar-refractivity contribution in [3.63, 3.8) is 0 Å². The number of para-hydroxylation sites is 1. The van der Waals surface area contributed by atoms with Gasteiger partial charge >= 0.3 is 0 Å². The van der Waals surface area contributed by atoms with Crippen LogP contribution in [0.1, 0.15) is 4.88 Å². The molecule has 124 valence electrons. The number of carbonyl (C=O) groups is 1. The monoisotopic (exact) mass is 351 g/mol. The van der Waals surface area contributed by atoms with Crippen molar-refractivity contribution in [1.29, 1.82) is 0 Å².